The predicted octanol–water partition coefficient (Wildman–Crippen LogP) is 8.69. The summed E-state index contributed by atoms with van der Waals surface area (Å²) < 4.78 is 51.6. The largest absolute Gasteiger partial charge is 0.663 e. The molecule has 223 valence electrons. The molecule has 0 bridgehead atoms. The maximum atomic E-state index is 13.2. The summed E-state index contributed by atoms with van der Waals surface area (Å²) in [6.45, 7) is 3.70. The van der Waals surface area contributed by atoms with Gasteiger partial charge in [0.2, 0.25) is 0 Å². The van der Waals surface area contributed by atoms with Gasteiger partial charge in [0, 0.05) is 62.0 Å². The molecule has 3 heterocycles. The summed E-state index contributed by atoms with van der Waals surface area (Å²) in [7, 11) is 0. The maximum absolute atomic E-state index is 13.2. The Labute approximate surface area is 266 Å². The van der Waals surface area contributed by atoms with Gasteiger partial charge in [0.15, 0.2) is 0 Å². The van der Waals surface area contributed by atoms with Gasteiger partial charge in [-0.15, -0.1) is 30.0 Å². The molecule has 0 amide bonds. The summed E-state index contributed by atoms with van der Waals surface area (Å²) in [5, 5.41) is 0. The molecule has 6 aromatic rings. The van der Waals surface area contributed by atoms with E-state index in [9.17, 15) is 17.6 Å². The molecule has 3 aromatic carbocycles. The number of halogens is 4. The molecule has 0 saturated carbocycles. The van der Waals surface area contributed by atoms with Crippen molar-refractivity contribution in [2.75, 3.05) is 0 Å². The molecule has 0 N–H and O–H groups in total. The van der Waals surface area contributed by atoms with Crippen LogP contribution in [0.1, 0.15) is 11.3 Å². The Bertz CT molecular complexity index is 1670. The van der Waals surface area contributed by atoms with E-state index in [2.05, 4.69) is 38.7 Å². The van der Waals surface area contributed by atoms with E-state index in [1.807, 2.05) is 42.5 Å². The monoisotopic (exact) mass is 768 g/mol. The number of benzene rings is 3. The van der Waals surface area contributed by atoms with Crippen LogP contribution >= 0.6 is 0 Å². The second kappa shape index (κ2) is 17.2. The van der Waals surface area contributed by atoms with Crippen molar-refractivity contribution in [3.05, 3.63) is 169 Å². The first kappa shape index (κ1) is 33.5. The molecule has 0 fully saturated rings. The normalized spacial score (nSPS) is 10.1. The fraction of sp³-hybridized carbons (Fsp3) is 0. The van der Waals surface area contributed by atoms with Crippen LogP contribution in [0.4, 0.5) is 23.2 Å². The Morgan fingerprint density at radius 2 is 1.25 bits per heavy atom. The minimum absolute atomic E-state index is 0. The molecular formula is C35H23F4IrN4-3. The van der Waals surface area contributed by atoms with Gasteiger partial charge in [-0.05, 0) is 41.2 Å². The minimum Gasteiger partial charge on any atom is -0.663 e. The number of nitrogens with zero attached hydrogens (tertiary/aromatic N) is 4. The van der Waals surface area contributed by atoms with Gasteiger partial charge in [-0.1, -0.05) is 84.4 Å². The fourth-order valence-corrected chi connectivity index (χ4v) is 3.53. The van der Waals surface area contributed by atoms with E-state index < -0.39 is 23.3 Å². The summed E-state index contributed by atoms with van der Waals surface area (Å²) in [6.07, 6.45) is 8.41. The summed E-state index contributed by atoms with van der Waals surface area (Å²) in [5.74, 6) is -2.57. The number of pyridine rings is 2. The van der Waals surface area contributed by atoms with Crippen molar-refractivity contribution in [3.8, 4) is 22.5 Å². The number of hydrogen-bond donors (Lipinski definition) is 0. The average Bonchev–Trinajstić information content (AvgIpc) is 3.56. The van der Waals surface area contributed by atoms with Crippen LogP contribution in [-0.4, -0.2) is 16.2 Å². The third kappa shape index (κ3) is 10.1. The van der Waals surface area contributed by atoms with E-state index in [0.29, 0.717) is 11.4 Å². The number of hydrogen-bond acceptors (Lipinski definition) is 3. The van der Waals surface area contributed by atoms with Crippen molar-refractivity contribution in [1.29, 1.82) is 0 Å². The van der Waals surface area contributed by atoms with Crippen LogP contribution in [0.3, 0.4) is 0 Å². The fourth-order valence-electron chi connectivity index (χ4n) is 3.53. The SMILES string of the molecule is C=Cc1ccc(N=Cc2ccc[n-]2)cc1.Fc1c[c-]c(-c2ccccn2)c(F)c1.Fc1c[c-]c(-c2ccccn2)c(F)c1.[Ir]. The standard InChI is InChI=1S/C13H11N2.2C11H6F2N.Ir/c1-2-11-5-7-12(8-6-11)15-10-13-4-3-9-14-13;2*12-8-4-5-9(10(13)7-8)11-3-1-2-6-14-11;/h2-10H,1H2;2*1-4,6-7H;/q3*-1;. The van der Waals surface area contributed by atoms with Crippen LogP contribution in [-0.2, 0) is 20.1 Å². The summed E-state index contributed by atoms with van der Waals surface area (Å²) in [5.41, 5.74) is 4.17. The Kier molecular flexibility index (Phi) is 13.1. The van der Waals surface area contributed by atoms with Crippen molar-refractivity contribution in [2.24, 2.45) is 4.99 Å². The Morgan fingerprint density at radius 3 is 1.66 bits per heavy atom. The van der Waals surface area contributed by atoms with E-state index >= 15 is 0 Å². The zero-order valence-corrected chi connectivity index (χ0v) is 25.4. The van der Waals surface area contributed by atoms with E-state index in [0.717, 1.165) is 41.2 Å². The van der Waals surface area contributed by atoms with E-state index in [4.69, 9.17) is 0 Å². The van der Waals surface area contributed by atoms with Crippen LogP contribution in [0.15, 0.2) is 127 Å². The second-order valence-corrected chi connectivity index (χ2v) is 8.63. The molecule has 3 aromatic heterocycles. The van der Waals surface area contributed by atoms with Gasteiger partial charge >= 0.3 is 0 Å². The molecular weight excluding hydrogens is 745 g/mol. The van der Waals surface area contributed by atoms with E-state index in [1.54, 1.807) is 61.2 Å². The summed E-state index contributed by atoms with van der Waals surface area (Å²) >= 11 is 0. The van der Waals surface area contributed by atoms with Crippen molar-refractivity contribution >= 4 is 18.0 Å². The molecule has 0 atom stereocenters. The smallest absolute Gasteiger partial charge is 0.0629 e. The van der Waals surface area contributed by atoms with Gasteiger partial charge in [0.25, 0.3) is 0 Å². The Balaban J connectivity index is 0.000000178. The Hall–Kier alpha value is -4.98. The van der Waals surface area contributed by atoms with E-state index in [-0.39, 0.29) is 31.2 Å². The van der Waals surface area contributed by atoms with Crippen LogP contribution in [0.2, 0.25) is 0 Å². The van der Waals surface area contributed by atoms with Gasteiger partial charge in [-0.2, -0.15) is 6.20 Å². The first-order valence-electron chi connectivity index (χ1n) is 12.8. The molecule has 0 spiro atoms. The summed E-state index contributed by atoms with van der Waals surface area (Å²) in [4.78, 5) is 16.3. The molecule has 0 unspecified atom stereocenters. The first-order chi connectivity index (χ1) is 20.9. The Morgan fingerprint density at radius 1 is 0.705 bits per heavy atom. The van der Waals surface area contributed by atoms with Gasteiger partial charge in [-0.3, -0.25) is 22.6 Å². The molecule has 9 heteroatoms. The van der Waals surface area contributed by atoms with Crippen LogP contribution in [0, 0.1) is 35.4 Å². The van der Waals surface area contributed by atoms with Crippen molar-refractivity contribution in [3.63, 3.8) is 0 Å². The molecule has 0 aliphatic carbocycles. The van der Waals surface area contributed by atoms with Gasteiger partial charge in [-0.25, -0.2) is 0 Å². The molecule has 1 radical (unpaired) electrons. The molecule has 4 nitrogen and oxygen atoms in total. The van der Waals surface area contributed by atoms with Crippen molar-refractivity contribution in [1.82, 2.24) is 15.0 Å². The van der Waals surface area contributed by atoms with Crippen LogP contribution in [0.5, 0.6) is 0 Å². The van der Waals surface area contributed by atoms with Crippen LogP contribution < -0.4 is 4.98 Å². The molecule has 0 aliphatic heterocycles. The third-order valence-electron chi connectivity index (χ3n) is 5.61. The predicted molar refractivity (Wildman–Crippen MR) is 160 cm³/mol. The van der Waals surface area contributed by atoms with E-state index in [1.165, 1.54) is 0 Å². The van der Waals surface area contributed by atoms with Crippen molar-refractivity contribution in [2.45, 2.75) is 0 Å². The summed E-state index contributed by atoms with van der Waals surface area (Å²) in [6, 6.07) is 30.7. The number of aromatic nitrogens is 3. The molecule has 44 heavy (non-hydrogen) atoms. The quantitative estimate of drug-likeness (QED) is 0.100. The molecule has 0 aliphatic rings. The second-order valence-electron chi connectivity index (χ2n) is 8.63. The van der Waals surface area contributed by atoms with Gasteiger partial charge < -0.3 is 15.0 Å². The number of rotatable bonds is 5. The topological polar surface area (TPSA) is 52.2 Å². The minimum atomic E-state index is -0.649. The maximum Gasteiger partial charge on any atom is 0.0629 e. The zero-order chi connectivity index (χ0) is 30.4. The zero-order valence-electron chi connectivity index (χ0n) is 23.0. The average molecular weight is 768 g/mol. The molecule has 0 saturated heterocycles. The first-order valence-corrected chi connectivity index (χ1v) is 12.8. The van der Waals surface area contributed by atoms with Crippen molar-refractivity contribution < 1.29 is 37.7 Å². The third-order valence-corrected chi connectivity index (χ3v) is 5.61. The van der Waals surface area contributed by atoms with Crippen LogP contribution in [0.25, 0.3) is 28.6 Å². The van der Waals surface area contributed by atoms with Gasteiger partial charge in [0.05, 0.1) is 5.69 Å². The number of aliphatic imine (C=N–C) groups is 1. The van der Waals surface area contributed by atoms with Gasteiger partial charge in [0.1, 0.15) is 0 Å². The molecule has 6 rings (SSSR count).